The standard InChI is InChI=1S/C14H27N/c1-4-11-5-7-12(8-6-11)13(15-3)14(2)9-10-14/h11-13,15H,4-10H2,1-3H3. The Labute approximate surface area is 95.0 Å². The van der Waals surface area contributed by atoms with Crippen LogP contribution in [0.3, 0.4) is 0 Å². The predicted molar refractivity (Wildman–Crippen MR) is 65.9 cm³/mol. The third-order valence-corrected chi connectivity index (χ3v) is 5.04. The van der Waals surface area contributed by atoms with Gasteiger partial charge in [0, 0.05) is 6.04 Å². The van der Waals surface area contributed by atoms with Crippen molar-refractivity contribution in [2.75, 3.05) is 7.05 Å². The second kappa shape index (κ2) is 4.45. The Bertz CT molecular complexity index is 199. The molecule has 0 aromatic rings. The summed E-state index contributed by atoms with van der Waals surface area (Å²) in [6.45, 7) is 4.82. The van der Waals surface area contributed by atoms with Crippen LogP contribution >= 0.6 is 0 Å². The van der Waals surface area contributed by atoms with Gasteiger partial charge >= 0.3 is 0 Å². The van der Waals surface area contributed by atoms with Crippen molar-refractivity contribution >= 4 is 0 Å². The van der Waals surface area contributed by atoms with E-state index in [0.29, 0.717) is 5.41 Å². The van der Waals surface area contributed by atoms with Crippen molar-refractivity contribution in [3.63, 3.8) is 0 Å². The van der Waals surface area contributed by atoms with Crippen LogP contribution in [0.25, 0.3) is 0 Å². The Morgan fingerprint density at radius 2 is 1.80 bits per heavy atom. The summed E-state index contributed by atoms with van der Waals surface area (Å²) in [5.74, 6) is 2.00. The summed E-state index contributed by atoms with van der Waals surface area (Å²) < 4.78 is 0. The minimum Gasteiger partial charge on any atom is -0.316 e. The topological polar surface area (TPSA) is 12.0 Å². The van der Waals surface area contributed by atoms with E-state index >= 15 is 0 Å². The number of rotatable bonds is 4. The molecule has 1 unspecified atom stereocenters. The van der Waals surface area contributed by atoms with Gasteiger partial charge in [-0.3, -0.25) is 0 Å². The Morgan fingerprint density at radius 3 is 2.20 bits per heavy atom. The minimum atomic E-state index is 0.651. The van der Waals surface area contributed by atoms with Gasteiger partial charge in [-0.15, -0.1) is 0 Å². The van der Waals surface area contributed by atoms with E-state index in [4.69, 9.17) is 0 Å². The molecule has 15 heavy (non-hydrogen) atoms. The summed E-state index contributed by atoms with van der Waals surface area (Å²) in [6, 6.07) is 0.801. The third kappa shape index (κ3) is 2.38. The average molecular weight is 209 g/mol. The molecular formula is C14H27N. The largest absolute Gasteiger partial charge is 0.316 e. The fraction of sp³-hybridized carbons (Fsp3) is 1.00. The molecule has 2 saturated carbocycles. The molecule has 0 bridgehead atoms. The van der Waals surface area contributed by atoms with Crippen molar-refractivity contribution in [1.82, 2.24) is 5.32 Å². The molecule has 88 valence electrons. The lowest BCUT2D eigenvalue weighted by Gasteiger charge is -2.37. The lowest BCUT2D eigenvalue weighted by atomic mass is 9.74. The Morgan fingerprint density at radius 1 is 1.20 bits per heavy atom. The molecule has 0 saturated heterocycles. The zero-order valence-corrected chi connectivity index (χ0v) is 10.7. The minimum absolute atomic E-state index is 0.651. The van der Waals surface area contributed by atoms with Crippen LogP contribution in [-0.2, 0) is 0 Å². The van der Waals surface area contributed by atoms with Crippen LogP contribution in [-0.4, -0.2) is 13.1 Å². The highest BCUT2D eigenvalue weighted by Crippen LogP contribution is 2.52. The van der Waals surface area contributed by atoms with Crippen LogP contribution in [0.1, 0.15) is 58.8 Å². The normalized spacial score (nSPS) is 36.2. The highest BCUT2D eigenvalue weighted by atomic mass is 14.9. The van der Waals surface area contributed by atoms with E-state index in [9.17, 15) is 0 Å². The van der Waals surface area contributed by atoms with Crippen LogP contribution in [0.5, 0.6) is 0 Å². The Kier molecular flexibility index (Phi) is 3.39. The molecular weight excluding hydrogens is 182 g/mol. The maximum atomic E-state index is 3.61. The van der Waals surface area contributed by atoms with Gasteiger partial charge in [0.25, 0.3) is 0 Å². The fourth-order valence-corrected chi connectivity index (χ4v) is 3.59. The number of hydrogen-bond acceptors (Lipinski definition) is 1. The molecule has 2 fully saturated rings. The lowest BCUT2D eigenvalue weighted by molar-refractivity contribution is 0.178. The van der Waals surface area contributed by atoms with Gasteiger partial charge in [0.05, 0.1) is 0 Å². The van der Waals surface area contributed by atoms with Gasteiger partial charge in [-0.2, -0.15) is 0 Å². The summed E-state index contributed by atoms with van der Waals surface area (Å²) in [7, 11) is 2.17. The highest BCUT2D eigenvalue weighted by Gasteiger charge is 2.47. The highest BCUT2D eigenvalue weighted by molar-refractivity contribution is 5.01. The average Bonchev–Trinajstić information content (AvgIpc) is 2.99. The molecule has 1 atom stereocenters. The lowest BCUT2D eigenvalue weighted by Crippen LogP contribution is -2.41. The third-order valence-electron chi connectivity index (χ3n) is 5.04. The van der Waals surface area contributed by atoms with E-state index in [2.05, 4.69) is 26.2 Å². The van der Waals surface area contributed by atoms with Crippen LogP contribution in [0.2, 0.25) is 0 Å². The summed E-state index contributed by atoms with van der Waals surface area (Å²) in [5.41, 5.74) is 0.651. The van der Waals surface area contributed by atoms with Crippen molar-refractivity contribution in [1.29, 1.82) is 0 Å². The van der Waals surface area contributed by atoms with Gasteiger partial charge in [-0.1, -0.05) is 33.1 Å². The van der Waals surface area contributed by atoms with E-state index in [-0.39, 0.29) is 0 Å². The fourth-order valence-electron chi connectivity index (χ4n) is 3.59. The summed E-state index contributed by atoms with van der Waals surface area (Å²) >= 11 is 0. The van der Waals surface area contributed by atoms with Crippen molar-refractivity contribution in [3.8, 4) is 0 Å². The van der Waals surface area contributed by atoms with Gasteiger partial charge in [0.2, 0.25) is 0 Å². The molecule has 0 aromatic heterocycles. The van der Waals surface area contributed by atoms with Crippen molar-refractivity contribution in [2.24, 2.45) is 17.3 Å². The molecule has 0 aromatic carbocycles. The molecule has 2 aliphatic carbocycles. The van der Waals surface area contributed by atoms with E-state index in [1.807, 2.05) is 0 Å². The zero-order chi connectivity index (χ0) is 10.9. The quantitative estimate of drug-likeness (QED) is 0.746. The Balaban J connectivity index is 1.88. The molecule has 0 radical (unpaired) electrons. The summed E-state index contributed by atoms with van der Waals surface area (Å²) in [6.07, 6.45) is 10.2. The second-order valence-corrected chi connectivity index (χ2v) is 6.11. The zero-order valence-electron chi connectivity index (χ0n) is 10.7. The van der Waals surface area contributed by atoms with E-state index in [1.54, 1.807) is 0 Å². The Hall–Kier alpha value is -0.0400. The van der Waals surface area contributed by atoms with Crippen molar-refractivity contribution in [2.45, 2.75) is 64.8 Å². The van der Waals surface area contributed by atoms with Crippen LogP contribution in [0, 0.1) is 17.3 Å². The van der Waals surface area contributed by atoms with Crippen LogP contribution in [0.15, 0.2) is 0 Å². The molecule has 0 amide bonds. The smallest absolute Gasteiger partial charge is 0.0146 e. The molecule has 1 N–H and O–H groups in total. The number of nitrogens with one attached hydrogen (secondary N) is 1. The first-order valence-corrected chi connectivity index (χ1v) is 6.87. The van der Waals surface area contributed by atoms with Crippen molar-refractivity contribution in [3.05, 3.63) is 0 Å². The first kappa shape index (κ1) is 11.4. The molecule has 2 aliphatic rings. The second-order valence-electron chi connectivity index (χ2n) is 6.11. The van der Waals surface area contributed by atoms with Gasteiger partial charge in [0.15, 0.2) is 0 Å². The van der Waals surface area contributed by atoms with E-state index in [1.165, 1.54) is 44.9 Å². The van der Waals surface area contributed by atoms with Crippen LogP contribution < -0.4 is 5.32 Å². The molecule has 0 spiro atoms. The summed E-state index contributed by atoms with van der Waals surface area (Å²) in [4.78, 5) is 0. The van der Waals surface area contributed by atoms with Gasteiger partial charge in [0.1, 0.15) is 0 Å². The number of hydrogen-bond donors (Lipinski definition) is 1. The van der Waals surface area contributed by atoms with Gasteiger partial charge in [-0.05, 0) is 50.0 Å². The van der Waals surface area contributed by atoms with Gasteiger partial charge in [-0.25, -0.2) is 0 Å². The molecule has 1 heteroatoms. The molecule has 0 heterocycles. The van der Waals surface area contributed by atoms with Crippen LogP contribution in [0.4, 0.5) is 0 Å². The molecule has 0 aliphatic heterocycles. The SMILES string of the molecule is CCC1CCC(C(NC)C2(C)CC2)CC1. The van der Waals surface area contributed by atoms with Gasteiger partial charge < -0.3 is 5.32 Å². The molecule has 1 nitrogen and oxygen atoms in total. The van der Waals surface area contributed by atoms with E-state index < -0.39 is 0 Å². The van der Waals surface area contributed by atoms with Crippen molar-refractivity contribution < 1.29 is 0 Å². The first-order chi connectivity index (χ1) is 7.19. The maximum absolute atomic E-state index is 3.61. The first-order valence-electron chi connectivity index (χ1n) is 6.87. The monoisotopic (exact) mass is 209 g/mol. The summed E-state index contributed by atoms with van der Waals surface area (Å²) in [5, 5.41) is 3.61. The molecule has 2 rings (SSSR count). The predicted octanol–water partition coefficient (Wildman–Crippen LogP) is 3.59. The maximum Gasteiger partial charge on any atom is 0.0146 e. The van der Waals surface area contributed by atoms with E-state index in [0.717, 1.165) is 17.9 Å².